The van der Waals surface area contributed by atoms with Crippen molar-refractivity contribution in [3.63, 3.8) is 0 Å². The number of rotatable bonds is 5. The second-order valence-electron chi connectivity index (χ2n) is 8.27. The molecule has 2 aromatic heterocycles. The number of fused-ring (bicyclic) bond motifs is 3. The van der Waals surface area contributed by atoms with Crippen LogP contribution >= 0.6 is 0 Å². The van der Waals surface area contributed by atoms with Crippen molar-refractivity contribution in [2.45, 2.75) is 12.1 Å². The second kappa shape index (κ2) is 9.79. The van der Waals surface area contributed by atoms with E-state index >= 15 is 0 Å². The predicted octanol–water partition coefficient (Wildman–Crippen LogP) is 4.85. The predicted molar refractivity (Wildman–Crippen MR) is 134 cm³/mol. The number of ether oxygens (including phenoxy) is 3. The average Bonchev–Trinajstić information content (AvgIpc) is 3.31. The summed E-state index contributed by atoms with van der Waals surface area (Å²) in [4.78, 5) is 32.3. The topological polar surface area (TPSA) is 111 Å². The molecule has 9 heteroatoms. The lowest BCUT2D eigenvalue weighted by Gasteiger charge is -2.35. The second-order valence-corrected chi connectivity index (χ2v) is 8.27. The number of benzene rings is 2. The SMILES string of the molecule is COC(=O)c1oc2c(c1C(=O)OC)N(c1ccc(OC)cc1)[C@H](c1ccccn1)[C@H](O)c1ccccc1-2. The number of aromatic nitrogens is 1. The van der Waals surface area contributed by atoms with Crippen molar-refractivity contribution in [2.75, 3.05) is 26.2 Å². The maximum Gasteiger partial charge on any atom is 0.374 e. The molecular weight excluding hydrogens is 476 g/mol. The number of hydrogen-bond donors (Lipinski definition) is 1. The van der Waals surface area contributed by atoms with Gasteiger partial charge >= 0.3 is 11.9 Å². The van der Waals surface area contributed by atoms with E-state index in [0.29, 0.717) is 28.3 Å². The van der Waals surface area contributed by atoms with Gasteiger partial charge in [-0.1, -0.05) is 30.3 Å². The normalized spacial score (nSPS) is 16.3. The van der Waals surface area contributed by atoms with E-state index in [1.165, 1.54) is 14.2 Å². The highest BCUT2D eigenvalue weighted by atomic mass is 16.5. The Morgan fingerprint density at radius 3 is 2.27 bits per heavy atom. The van der Waals surface area contributed by atoms with Crippen molar-refractivity contribution in [2.24, 2.45) is 0 Å². The largest absolute Gasteiger partial charge is 0.497 e. The van der Waals surface area contributed by atoms with Crippen LogP contribution in [-0.2, 0) is 9.47 Å². The fourth-order valence-electron chi connectivity index (χ4n) is 4.65. The number of esters is 2. The van der Waals surface area contributed by atoms with E-state index < -0.39 is 24.1 Å². The van der Waals surface area contributed by atoms with E-state index in [1.54, 1.807) is 78.9 Å². The molecule has 0 unspecified atom stereocenters. The Morgan fingerprint density at radius 2 is 1.62 bits per heavy atom. The van der Waals surface area contributed by atoms with Crippen LogP contribution in [0.4, 0.5) is 11.4 Å². The van der Waals surface area contributed by atoms with E-state index in [9.17, 15) is 14.7 Å². The zero-order valence-electron chi connectivity index (χ0n) is 20.4. The Labute approximate surface area is 212 Å². The van der Waals surface area contributed by atoms with Gasteiger partial charge in [0.05, 0.1) is 27.0 Å². The molecule has 188 valence electrons. The molecule has 5 rings (SSSR count). The molecule has 1 N–H and O–H groups in total. The summed E-state index contributed by atoms with van der Waals surface area (Å²) in [5, 5.41) is 11.8. The highest BCUT2D eigenvalue weighted by Crippen LogP contribution is 2.53. The fourth-order valence-corrected chi connectivity index (χ4v) is 4.65. The third kappa shape index (κ3) is 3.99. The number of aliphatic hydroxyl groups is 1. The molecule has 0 bridgehead atoms. The number of hydrogen-bond acceptors (Lipinski definition) is 9. The van der Waals surface area contributed by atoms with E-state index in [0.717, 1.165) is 0 Å². The lowest BCUT2D eigenvalue weighted by molar-refractivity contribution is 0.0529. The summed E-state index contributed by atoms with van der Waals surface area (Å²) >= 11 is 0. The third-order valence-corrected chi connectivity index (χ3v) is 6.33. The molecule has 4 aromatic rings. The molecule has 1 aliphatic heterocycles. The molecule has 0 saturated heterocycles. The van der Waals surface area contributed by atoms with Crippen molar-refractivity contribution in [1.82, 2.24) is 4.98 Å². The minimum atomic E-state index is -1.09. The molecule has 2 aromatic carbocycles. The van der Waals surface area contributed by atoms with Gasteiger partial charge < -0.3 is 28.6 Å². The van der Waals surface area contributed by atoms with Gasteiger partial charge in [-0.2, -0.15) is 0 Å². The molecule has 2 atom stereocenters. The number of carbonyl (C=O) groups is 2. The summed E-state index contributed by atoms with van der Waals surface area (Å²) < 4.78 is 21.4. The third-order valence-electron chi connectivity index (χ3n) is 6.33. The first-order valence-corrected chi connectivity index (χ1v) is 11.4. The molecule has 0 radical (unpaired) electrons. The summed E-state index contributed by atoms with van der Waals surface area (Å²) in [5.41, 5.74) is 2.30. The van der Waals surface area contributed by atoms with Crippen LogP contribution in [0.5, 0.6) is 5.75 Å². The first kappa shape index (κ1) is 24.1. The number of nitrogens with zero attached hydrogens (tertiary/aromatic N) is 2. The van der Waals surface area contributed by atoms with Gasteiger partial charge in [-0.3, -0.25) is 4.98 Å². The maximum absolute atomic E-state index is 13.2. The minimum Gasteiger partial charge on any atom is -0.497 e. The number of furan rings is 1. The van der Waals surface area contributed by atoms with Crippen molar-refractivity contribution in [3.05, 3.63) is 95.5 Å². The minimum absolute atomic E-state index is 0.120. The van der Waals surface area contributed by atoms with E-state index in [4.69, 9.17) is 18.6 Å². The summed E-state index contributed by atoms with van der Waals surface area (Å²) in [6.45, 7) is 0. The number of pyridine rings is 1. The van der Waals surface area contributed by atoms with Gasteiger partial charge in [-0.25, -0.2) is 9.59 Å². The summed E-state index contributed by atoms with van der Waals surface area (Å²) in [5.74, 6) is -1.10. The number of anilines is 2. The van der Waals surface area contributed by atoms with E-state index in [-0.39, 0.29) is 22.8 Å². The van der Waals surface area contributed by atoms with E-state index in [2.05, 4.69) is 4.98 Å². The van der Waals surface area contributed by atoms with E-state index in [1.807, 2.05) is 6.07 Å². The summed E-state index contributed by atoms with van der Waals surface area (Å²) in [6, 6.07) is 18.8. The van der Waals surface area contributed by atoms with Crippen molar-refractivity contribution >= 4 is 23.3 Å². The highest BCUT2D eigenvalue weighted by Gasteiger charge is 2.44. The zero-order chi connectivity index (χ0) is 26.1. The van der Waals surface area contributed by atoms with Gasteiger partial charge in [-0.15, -0.1) is 0 Å². The quantitative estimate of drug-likeness (QED) is 0.384. The molecule has 0 saturated carbocycles. The molecule has 0 fully saturated rings. The van der Waals surface area contributed by atoms with Gasteiger partial charge in [0, 0.05) is 17.4 Å². The van der Waals surface area contributed by atoms with Crippen LogP contribution in [0.15, 0.2) is 77.3 Å². The van der Waals surface area contributed by atoms with Crippen LogP contribution in [0, 0.1) is 0 Å². The van der Waals surface area contributed by atoms with Crippen LogP contribution in [0.1, 0.15) is 44.3 Å². The van der Waals surface area contributed by atoms with Crippen LogP contribution in [0.25, 0.3) is 11.3 Å². The Balaban J connectivity index is 1.92. The van der Waals surface area contributed by atoms with Crippen molar-refractivity contribution in [1.29, 1.82) is 0 Å². The molecule has 3 heterocycles. The molecular formula is C28H24N2O7. The molecule has 1 aliphatic rings. The monoisotopic (exact) mass is 500 g/mol. The fraction of sp³-hybridized carbons (Fsp3) is 0.179. The van der Waals surface area contributed by atoms with Gasteiger partial charge in [0.1, 0.15) is 29.1 Å². The number of aliphatic hydroxyl groups excluding tert-OH is 1. The van der Waals surface area contributed by atoms with Crippen molar-refractivity contribution < 1.29 is 33.3 Å². The smallest absolute Gasteiger partial charge is 0.374 e. The van der Waals surface area contributed by atoms with Gasteiger partial charge in [-0.05, 0) is 42.0 Å². The Kier molecular flexibility index (Phi) is 6.37. The summed E-state index contributed by atoms with van der Waals surface area (Å²) in [7, 11) is 3.98. The summed E-state index contributed by atoms with van der Waals surface area (Å²) in [6.07, 6.45) is 0.533. The standard InChI is InChI=1S/C28H24N2O7/c1-34-17-13-11-16(12-14-17)30-22(20-10-6-7-15-29-20)24(31)18-8-4-5-9-19(18)25-23(30)21(27(32)35-2)26(37-25)28(33)36-3/h4-15,22,24,31H,1-3H3/t22-,24-/m1/s1. The zero-order valence-corrected chi connectivity index (χ0v) is 20.4. The molecule has 0 amide bonds. The first-order valence-electron chi connectivity index (χ1n) is 11.4. The Bertz CT molecular complexity index is 1450. The maximum atomic E-state index is 13.2. The Morgan fingerprint density at radius 1 is 0.919 bits per heavy atom. The lowest BCUT2D eigenvalue weighted by Crippen LogP contribution is -2.30. The van der Waals surface area contributed by atoms with Crippen molar-refractivity contribution in [3.8, 4) is 17.1 Å². The van der Waals surface area contributed by atoms with Crippen LogP contribution in [0.2, 0.25) is 0 Å². The van der Waals surface area contributed by atoms with Crippen LogP contribution in [-0.4, -0.2) is 43.4 Å². The lowest BCUT2D eigenvalue weighted by atomic mass is 9.95. The van der Waals surface area contributed by atoms with Gasteiger partial charge in [0.25, 0.3) is 0 Å². The van der Waals surface area contributed by atoms with Gasteiger partial charge in [0.15, 0.2) is 5.76 Å². The molecule has 9 nitrogen and oxygen atoms in total. The highest BCUT2D eigenvalue weighted by molar-refractivity contribution is 6.09. The molecule has 37 heavy (non-hydrogen) atoms. The first-order chi connectivity index (χ1) is 18.0. The van der Waals surface area contributed by atoms with Crippen LogP contribution in [0.3, 0.4) is 0 Å². The molecule has 0 spiro atoms. The van der Waals surface area contributed by atoms with Gasteiger partial charge in [0.2, 0.25) is 5.76 Å². The average molecular weight is 501 g/mol. The number of carbonyl (C=O) groups excluding carboxylic acids is 2. The van der Waals surface area contributed by atoms with Crippen LogP contribution < -0.4 is 9.64 Å². The molecule has 0 aliphatic carbocycles. The number of methoxy groups -OCH3 is 3. The Hall–Kier alpha value is -4.63.